The molecule has 0 saturated heterocycles. The van der Waals surface area contributed by atoms with E-state index in [2.05, 4.69) is 31.1 Å². The van der Waals surface area contributed by atoms with Crippen LogP contribution in [0.25, 0.3) is 5.65 Å². The molecule has 2 heterocycles. The van der Waals surface area contributed by atoms with Gasteiger partial charge < -0.3 is 10.5 Å². The molecule has 2 N–H and O–H groups in total. The Balaban J connectivity index is 2.08. The summed E-state index contributed by atoms with van der Waals surface area (Å²) in [5.41, 5.74) is 6.97. The Labute approximate surface area is 117 Å². The summed E-state index contributed by atoms with van der Waals surface area (Å²) in [7, 11) is 0. The molecule has 0 radical (unpaired) electrons. The fourth-order valence-corrected chi connectivity index (χ4v) is 2.05. The second-order valence-electron chi connectivity index (χ2n) is 3.93. The second kappa shape index (κ2) is 4.51. The van der Waals surface area contributed by atoms with Crippen LogP contribution in [0, 0.1) is 6.92 Å². The number of nitrogen functional groups attached to an aromatic ring is 1. The molecule has 3 aromatic rings. The number of nitrogens with two attached hydrogens (primary N) is 1. The summed E-state index contributed by atoms with van der Waals surface area (Å²) in [5, 5.41) is 8.04. The Bertz CT molecular complexity index is 755. The highest BCUT2D eigenvalue weighted by molar-refractivity contribution is 9.10. The van der Waals surface area contributed by atoms with Crippen LogP contribution in [0.2, 0.25) is 0 Å². The van der Waals surface area contributed by atoms with Crippen molar-refractivity contribution < 1.29 is 4.74 Å². The number of hydrogen-bond donors (Lipinski definition) is 1. The molecule has 6 nitrogen and oxygen atoms in total. The van der Waals surface area contributed by atoms with Crippen LogP contribution in [0.1, 0.15) is 5.82 Å². The summed E-state index contributed by atoms with van der Waals surface area (Å²) in [6, 6.07) is 5.39. The van der Waals surface area contributed by atoms with Gasteiger partial charge in [-0.3, -0.25) is 4.40 Å². The van der Waals surface area contributed by atoms with Crippen LogP contribution in [-0.2, 0) is 0 Å². The summed E-state index contributed by atoms with van der Waals surface area (Å²) in [6.45, 7) is 1.86. The Morgan fingerprint density at radius 3 is 3.00 bits per heavy atom. The predicted octanol–water partition coefficient (Wildman–Crippen LogP) is 2.57. The zero-order valence-electron chi connectivity index (χ0n) is 10.0. The average Bonchev–Trinajstić information content (AvgIpc) is 2.78. The highest BCUT2D eigenvalue weighted by atomic mass is 79.9. The van der Waals surface area contributed by atoms with E-state index in [1.165, 1.54) is 0 Å². The Morgan fingerprint density at radius 2 is 2.16 bits per heavy atom. The van der Waals surface area contributed by atoms with E-state index in [9.17, 15) is 0 Å². The topological polar surface area (TPSA) is 78.3 Å². The normalized spacial score (nSPS) is 10.8. The Morgan fingerprint density at radius 1 is 1.32 bits per heavy atom. The highest BCUT2D eigenvalue weighted by Gasteiger charge is 2.12. The van der Waals surface area contributed by atoms with E-state index in [4.69, 9.17) is 10.5 Å². The van der Waals surface area contributed by atoms with Gasteiger partial charge in [-0.15, -0.1) is 10.2 Å². The number of hydrogen-bond acceptors (Lipinski definition) is 5. The van der Waals surface area contributed by atoms with Gasteiger partial charge in [0.1, 0.15) is 11.6 Å². The number of nitrogens with zero attached hydrogens (tertiary/aromatic N) is 4. The molecule has 0 spiro atoms. The molecule has 0 amide bonds. The average molecular weight is 320 g/mol. The Hall–Kier alpha value is -2.15. The monoisotopic (exact) mass is 319 g/mol. The van der Waals surface area contributed by atoms with Gasteiger partial charge in [-0.1, -0.05) is 6.07 Å². The number of halogens is 1. The fourth-order valence-electron chi connectivity index (χ4n) is 1.70. The van der Waals surface area contributed by atoms with Crippen molar-refractivity contribution in [3.05, 3.63) is 40.9 Å². The lowest BCUT2D eigenvalue weighted by Gasteiger charge is -2.08. The standard InChI is InChI=1S/C12H10BrN5O/c1-7-16-17-11-12(15-5-6-18(7)11)19-9-4-2-3-8(14)10(9)13/h2-6H,14H2,1H3. The molecule has 7 heteroatoms. The third kappa shape index (κ3) is 2.01. The number of rotatable bonds is 2. The van der Waals surface area contributed by atoms with Crippen molar-refractivity contribution in [3.8, 4) is 11.6 Å². The van der Waals surface area contributed by atoms with Crippen LogP contribution in [0.15, 0.2) is 35.1 Å². The van der Waals surface area contributed by atoms with E-state index in [0.717, 1.165) is 5.82 Å². The lowest BCUT2D eigenvalue weighted by atomic mass is 10.3. The molecule has 2 aromatic heterocycles. The van der Waals surface area contributed by atoms with Crippen molar-refractivity contribution in [1.82, 2.24) is 19.6 Å². The minimum Gasteiger partial charge on any atom is -0.435 e. The van der Waals surface area contributed by atoms with Gasteiger partial charge in [-0.25, -0.2) is 4.98 Å². The number of fused-ring (bicyclic) bond motifs is 1. The molecule has 0 fully saturated rings. The number of benzene rings is 1. The number of aromatic nitrogens is 4. The van der Waals surface area contributed by atoms with Gasteiger partial charge in [0.15, 0.2) is 0 Å². The van der Waals surface area contributed by atoms with Gasteiger partial charge in [0.25, 0.3) is 5.88 Å². The van der Waals surface area contributed by atoms with Gasteiger partial charge in [0, 0.05) is 18.1 Å². The molecular formula is C12H10BrN5O. The van der Waals surface area contributed by atoms with Gasteiger partial charge in [0.05, 0.1) is 4.47 Å². The summed E-state index contributed by atoms with van der Waals surface area (Å²) < 4.78 is 8.25. The van der Waals surface area contributed by atoms with Crippen molar-refractivity contribution in [2.75, 3.05) is 5.73 Å². The first-order chi connectivity index (χ1) is 9.16. The molecule has 0 atom stereocenters. The molecule has 3 rings (SSSR count). The molecule has 0 saturated carbocycles. The van der Waals surface area contributed by atoms with Crippen molar-refractivity contribution >= 4 is 27.3 Å². The first-order valence-electron chi connectivity index (χ1n) is 5.55. The first-order valence-corrected chi connectivity index (χ1v) is 6.34. The van der Waals surface area contributed by atoms with Crippen LogP contribution in [0.4, 0.5) is 5.69 Å². The molecule has 1 aromatic carbocycles. The van der Waals surface area contributed by atoms with Crippen LogP contribution < -0.4 is 10.5 Å². The molecule has 0 aliphatic carbocycles. The lowest BCUT2D eigenvalue weighted by molar-refractivity contribution is 0.462. The maximum Gasteiger partial charge on any atom is 0.265 e. The van der Waals surface area contributed by atoms with Crippen molar-refractivity contribution in [2.45, 2.75) is 6.92 Å². The zero-order valence-corrected chi connectivity index (χ0v) is 11.6. The molecule has 19 heavy (non-hydrogen) atoms. The van der Waals surface area contributed by atoms with Gasteiger partial charge in [-0.05, 0) is 35.0 Å². The van der Waals surface area contributed by atoms with Crippen LogP contribution in [-0.4, -0.2) is 19.6 Å². The predicted molar refractivity (Wildman–Crippen MR) is 74.1 cm³/mol. The van der Waals surface area contributed by atoms with Crippen molar-refractivity contribution in [1.29, 1.82) is 0 Å². The largest absolute Gasteiger partial charge is 0.435 e. The molecule has 0 aliphatic heterocycles. The number of anilines is 1. The molecule has 0 bridgehead atoms. The molecule has 96 valence electrons. The summed E-state index contributed by atoms with van der Waals surface area (Å²) in [6.07, 6.45) is 3.42. The molecule has 0 unspecified atom stereocenters. The van der Waals surface area contributed by atoms with Crippen molar-refractivity contribution in [2.24, 2.45) is 0 Å². The van der Waals surface area contributed by atoms with E-state index >= 15 is 0 Å². The van der Waals surface area contributed by atoms with Crippen LogP contribution in [0.5, 0.6) is 11.6 Å². The minimum atomic E-state index is 0.384. The quantitative estimate of drug-likeness (QED) is 0.734. The maximum atomic E-state index is 5.81. The van der Waals surface area contributed by atoms with E-state index in [1.807, 2.05) is 17.4 Å². The minimum absolute atomic E-state index is 0.384. The van der Waals surface area contributed by atoms with E-state index in [-0.39, 0.29) is 0 Å². The summed E-state index contributed by atoms with van der Waals surface area (Å²) in [5.74, 6) is 1.74. The van der Waals surface area contributed by atoms with Gasteiger partial charge in [0.2, 0.25) is 5.65 Å². The third-order valence-electron chi connectivity index (χ3n) is 2.66. The number of aryl methyl sites for hydroxylation is 1. The number of ether oxygens (including phenoxy) is 1. The summed E-state index contributed by atoms with van der Waals surface area (Å²) >= 11 is 3.39. The van der Waals surface area contributed by atoms with Gasteiger partial charge >= 0.3 is 0 Å². The highest BCUT2D eigenvalue weighted by Crippen LogP contribution is 2.33. The van der Waals surface area contributed by atoms with E-state index < -0.39 is 0 Å². The van der Waals surface area contributed by atoms with E-state index in [1.54, 1.807) is 24.5 Å². The third-order valence-corrected chi connectivity index (χ3v) is 3.51. The fraction of sp³-hybridized carbons (Fsp3) is 0.0833. The van der Waals surface area contributed by atoms with Gasteiger partial charge in [-0.2, -0.15) is 0 Å². The summed E-state index contributed by atoms with van der Waals surface area (Å²) in [4.78, 5) is 4.18. The van der Waals surface area contributed by atoms with E-state index in [0.29, 0.717) is 27.4 Å². The smallest absolute Gasteiger partial charge is 0.265 e. The second-order valence-corrected chi connectivity index (χ2v) is 4.73. The van der Waals surface area contributed by atoms with Crippen LogP contribution in [0.3, 0.4) is 0 Å². The van der Waals surface area contributed by atoms with Crippen molar-refractivity contribution in [3.63, 3.8) is 0 Å². The molecule has 0 aliphatic rings. The van der Waals surface area contributed by atoms with Crippen LogP contribution >= 0.6 is 15.9 Å². The maximum absolute atomic E-state index is 5.81. The lowest BCUT2D eigenvalue weighted by Crippen LogP contribution is -1.96. The Kier molecular flexibility index (Phi) is 2.83. The molecular weight excluding hydrogens is 310 g/mol. The first kappa shape index (κ1) is 11.9. The SMILES string of the molecule is Cc1nnc2c(Oc3cccc(N)c3Br)nccn12. The zero-order chi connectivity index (χ0) is 13.4.